The lowest BCUT2D eigenvalue weighted by Crippen LogP contribution is -2.51. The van der Waals surface area contributed by atoms with E-state index in [0.717, 1.165) is 24.0 Å². The minimum Gasteiger partial charge on any atom is -0.508 e. The van der Waals surface area contributed by atoms with Crippen molar-refractivity contribution < 1.29 is 14.3 Å². The highest BCUT2D eigenvalue weighted by atomic mass is 19.1. The molecule has 0 saturated carbocycles. The molecule has 3 nitrogen and oxygen atoms in total. The van der Waals surface area contributed by atoms with E-state index in [2.05, 4.69) is 0 Å². The first-order chi connectivity index (χ1) is 9.69. The van der Waals surface area contributed by atoms with Crippen LogP contribution in [0.4, 0.5) is 10.1 Å². The highest BCUT2D eigenvalue weighted by Crippen LogP contribution is 2.42. The van der Waals surface area contributed by atoms with Gasteiger partial charge in [-0.1, -0.05) is 12.1 Å². The molecule has 1 fully saturated rings. The minimum atomic E-state index is -0.293. The van der Waals surface area contributed by atoms with E-state index in [1.54, 1.807) is 24.3 Å². The van der Waals surface area contributed by atoms with Gasteiger partial charge in [-0.25, -0.2) is 4.39 Å². The van der Waals surface area contributed by atoms with Crippen LogP contribution >= 0.6 is 0 Å². The van der Waals surface area contributed by atoms with Crippen molar-refractivity contribution in [1.82, 2.24) is 0 Å². The Kier molecular flexibility index (Phi) is 3.14. The molecule has 0 aliphatic carbocycles. The van der Waals surface area contributed by atoms with Crippen LogP contribution in [0.5, 0.6) is 5.75 Å². The van der Waals surface area contributed by atoms with Crippen molar-refractivity contribution >= 4 is 12.0 Å². The molecular formula is C16H14FNO2. The van der Waals surface area contributed by atoms with Crippen molar-refractivity contribution in [2.75, 3.05) is 4.90 Å². The lowest BCUT2D eigenvalue weighted by atomic mass is 9.87. The number of aldehydes is 1. The maximum absolute atomic E-state index is 13.0. The van der Waals surface area contributed by atoms with Crippen LogP contribution in [0, 0.1) is 5.82 Å². The van der Waals surface area contributed by atoms with Gasteiger partial charge in [-0.2, -0.15) is 0 Å². The van der Waals surface area contributed by atoms with Crippen molar-refractivity contribution in [3.63, 3.8) is 0 Å². The Labute approximate surface area is 116 Å². The van der Waals surface area contributed by atoms with E-state index in [1.165, 1.54) is 12.1 Å². The number of aromatic hydroxyl groups is 1. The van der Waals surface area contributed by atoms with Crippen LogP contribution in [-0.4, -0.2) is 17.4 Å². The molecule has 2 aromatic carbocycles. The summed E-state index contributed by atoms with van der Waals surface area (Å²) in [6, 6.07) is 13.0. The van der Waals surface area contributed by atoms with E-state index in [4.69, 9.17) is 0 Å². The number of carbonyl (C=O) groups excluding carboxylic acids is 1. The molecule has 3 rings (SSSR count). The molecule has 102 valence electrons. The van der Waals surface area contributed by atoms with E-state index in [1.807, 2.05) is 17.0 Å². The van der Waals surface area contributed by atoms with Gasteiger partial charge in [0, 0.05) is 5.69 Å². The number of anilines is 1. The van der Waals surface area contributed by atoms with Gasteiger partial charge in [-0.15, -0.1) is 0 Å². The number of benzene rings is 2. The SMILES string of the molecule is O=CC1CC(c2ccc(O)cc2)N1c1ccc(F)cc1. The summed E-state index contributed by atoms with van der Waals surface area (Å²) in [6.45, 7) is 0. The van der Waals surface area contributed by atoms with Crippen LogP contribution < -0.4 is 4.90 Å². The van der Waals surface area contributed by atoms with E-state index in [9.17, 15) is 14.3 Å². The topological polar surface area (TPSA) is 40.5 Å². The van der Waals surface area contributed by atoms with Crippen molar-refractivity contribution in [2.24, 2.45) is 0 Å². The molecule has 4 heteroatoms. The number of hydrogen-bond donors (Lipinski definition) is 1. The van der Waals surface area contributed by atoms with Crippen molar-refractivity contribution in [2.45, 2.75) is 18.5 Å². The van der Waals surface area contributed by atoms with E-state index in [-0.39, 0.29) is 23.7 Å². The molecule has 1 aliphatic rings. The quantitative estimate of drug-likeness (QED) is 0.872. The van der Waals surface area contributed by atoms with E-state index < -0.39 is 0 Å². The normalized spacial score (nSPS) is 21.4. The van der Waals surface area contributed by atoms with Crippen molar-refractivity contribution in [1.29, 1.82) is 0 Å². The number of carbonyl (C=O) groups is 1. The van der Waals surface area contributed by atoms with Crippen LogP contribution in [0.25, 0.3) is 0 Å². The Morgan fingerprint density at radius 3 is 2.35 bits per heavy atom. The van der Waals surface area contributed by atoms with Crippen LogP contribution in [0.2, 0.25) is 0 Å². The standard InChI is InChI=1S/C16H14FNO2/c17-12-3-5-13(6-4-12)18-14(10-19)9-16(18)11-1-7-15(20)8-2-11/h1-8,10,14,16,20H,9H2. The summed E-state index contributed by atoms with van der Waals surface area (Å²) in [6.07, 6.45) is 1.64. The summed E-state index contributed by atoms with van der Waals surface area (Å²) in [5.41, 5.74) is 1.86. The molecular weight excluding hydrogens is 257 g/mol. The average Bonchev–Trinajstić information content (AvgIpc) is 2.43. The Morgan fingerprint density at radius 1 is 1.10 bits per heavy atom. The lowest BCUT2D eigenvalue weighted by Gasteiger charge is -2.48. The second-order valence-corrected chi connectivity index (χ2v) is 4.93. The van der Waals surface area contributed by atoms with Crippen molar-refractivity contribution in [3.05, 3.63) is 59.9 Å². The van der Waals surface area contributed by atoms with Crippen LogP contribution in [0.15, 0.2) is 48.5 Å². The van der Waals surface area contributed by atoms with Gasteiger partial charge in [0.05, 0.1) is 12.1 Å². The third kappa shape index (κ3) is 2.13. The summed E-state index contributed by atoms with van der Waals surface area (Å²) in [7, 11) is 0. The number of phenolic OH excluding ortho intramolecular Hbond substituents is 1. The first-order valence-corrected chi connectivity index (χ1v) is 6.47. The van der Waals surface area contributed by atoms with Crippen LogP contribution in [-0.2, 0) is 4.79 Å². The van der Waals surface area contributed by atoms with Gasteiger partial charge in [-0.3, -0.25) is 0 Å². The largest absolute Gasteiger partial charge is 0.508 e. The molecule has 1 N–H and O–H groups in total. The molecule has 20 heavy (non-hydrogen) atoms. The molecule has 2 unspecified atom stereocenters. The zero-order chi connectivity index (χ0) is 14.1. The number of rotatable bonds is 3. The highest BCUT2D eigenvalue weighted by molar-refractivity contribution is 5.71. The Morgan fingerprint density at radius 2 is 1.75 bits per heavy atom. The zero-order valence-corrected chi connectivity index (χ0v) is 10.7. The molecule has 0 aromatic heterocycles. The van der Waals surface area contributed by atoms with Crippen LogP contribution in [0.3, 0.4) is 0 Å². The fourth-order valence-corrected chi connectivity index (χ4v) is 2.65. The molecule has 0 spiro atoms. The van der Waals surface area contributed by atoms with Gasteiger partial charge in [0.1, 0.15) is 17.9 Å². The Balaban J connectivity index is 1.90. The molecule has 1 saturated heterocycles. The number of hydrogen-bond acceptors (Lipinski definition) is 3. The fourth-order valence-electron chi connectivity index (χ4n) is 2.65. The third-order valence-corrected chi connectivity index (χ3v) is 3.72. The monoisotopic (exact) mass is 271 g/mol. The second kappa shape index (κ2) is 4.96. The smallest absolute Gasteiger partial charge is 0.142 e. The maximum atomic E-state index is 13.0. The molecule has 1 heterocycles. The first kappa shape index (κ1) is 12.7. The van der Waals surface area contributed by atoms with Gasteiger partial charge < -0.3 is 14.8 Å². The minimum absolute atomic E-state index is 0.0799. The predicted octanol–water partition coefficient (Wildman–Crippen LogP) is 3.05. The fraction of sp³-hybridized carbons (Fsp3) is 0.188. The van der Waals surface area contributed by atoms with Crippen molar-refractivity contribution in [3.8, 4) is 5.75 Å². The molecule has 1 aliphatic heterocycles. The number of halogens is 1. The predicted molar refractivity (Wildman–Crippen MR) is 74.2 cm³/mol. The summed E-state index contributed by atoms with van der Waals surface area (Å²) in [5.74, 6) is -0.0774. The average molecular weight is 271 g/mol. The molecule has 0 radical (unpaired) electrons. The second-order valence-electron chi connectivity index (χ2n) is 4.93. The number of phenols is 1. The number of nitrogens with zero attached hydrogens (tertiary/aromatic N) is 1. The Bertz CT molecular complexity index is 609. The summed E-state index contributed by atoms with van der Waals surface area (Å²) < 4.78 is 13.0. The third-order valence-electron chi connectivity index (χ3n) is 3.72. The maximum Gasteiger partial charge on any atom is 0.142 e. The van der Waals surface area contributed by atoms with E-state index >= 15 is 0 Å². The molecule has 0 bridgehead atoms. The Hall–Kier alpha value is -2.36. The zero-order valence-electron chi connectivity index (χ0n) is 10.7. The molecule has 0 amide bonds. The summed E-state index contributed by atoms with van der Waals surface area (Å²) in [5, 5.41) is 9.33. The lowest BCUT2D eigenvalue weighted by molar-refractivity contribution is -0.110. The van der Waals surface area contributed by atoms with Gasteiger partial charge in [-0.05, 0) is 48.4 Å². The summed E-state index contributed by atoms with van der Waals surface area (Å²) >= 11 is 0. The highest BCUT2D eigenvalue weighted by Gasteiger charge is 2.39. The first-order valence-electron chi connectivity index (χ1n) is 6.47. The van der Waals surface area contributed by atoms with Gasteiger partial charge in [0.25, 0.3) is 0 Å². The van der Waals surface area contributed by atoms with Gasteiger partial charge in [0.15, 0.2) is 0 Å². The van der Waals surface area contributed by atoms with Gasteiger partial charge >= 0.3 is 0 Å². The van der Waals surface area contributed by atoms with Crippen LogP contribution in [0.1, 0.15) is 18.0 Å². The van der Waals surface area contributed by atoms with Gasteiger partial charge in [0.2, 0.25) is 0 Å². The molecule has 2 atom stereocenters. The van der Waals surface area contributed by atoms with E-state index in [0.29, 0.717) is 0 Å². The summed E-state index contributed by atoms with van der Waals surface area (Å²) in [4.78, 5) is 13.1. The molecule has 2 aromatic rings.